The van der Waals surface area contributed by atoms with Crippen LogP contribution in [0.4, 0.5) is 4.79 Å². The molecule has 1 aliphatic rings. The SMILES string of the molecule is C=C(O[Si](C)(C)C)[C@H]1COC(C)(C)N1C(=O)OC(C)(C)C. The maximum atomic E-state index is 12.5. The molecule has 0 N–H and O–H groups in total. The lowest BCUT2D eigenvalue weighted by molar-refractivity contribution is -0.0622. The maximum Gasteiger partial charge on any atom is 0.413 e. The lowest BCUT2D eigenvalue weighted by Gasteiger charge is -2.36. The number of hydrogen-bond donors (Lipinski definition) is 0. The van der Waals surface area contributed by atoms with E-state index in [2.05, 4.69) is 26.2 Å². The summed E-state index contributed by atoms with van der Waals surface area (Å²) in [5.41, 5.74) is -1.29. The lowest BCUT2D eigenvalue weighted by atomic mass is 10.2. The third-order valence-electron chi connectivity index (χ3n) is 2.89. The van der Waals surface area contributed by atoms with Gasteiger partial charge < -0.3 is 13.9 Å². The van der Waals surface area contributed by atoms with Crippen LogP contribution in [0.2, 0.25) is 19.6 Å². The van der Waals surface area contributed by atoms with E-state index in [9.17, 15) is 4.79 Å². The molecule has 0 aromatic rings. The van der Waals surface area contributed by atoms with E-state index in [1.807, 2.05) is 34.6 Å². The van der Waals surface area contributed by atoms with E-state index in [4.69, 9.17) is 13.9 Å². The summed E-state index contributed by atoms with van der Waals surface area (Å²) >= 11 is 0. The molecular formula is C15H29NO4Si. The lowest BCUT2D eigenvalue weighted by Crippen LogP contribution is -2.51. The summed E-state index contributed by atoms with van der Waals surface area (Å²) < 4.78 is 17.2. The Balaban J connectivity index is 2.94. The molecule has 21 heavy (non-hydrogen) atoms. The van der Waals surface area contributed by atoms with E-state index >= 15 is 0 Å². The van der Waals surface area contributed by atoms with Gasteiger partial charge in [0, 0.05) is 0 Å². The second-order valence-corrected chi connectivity index (χ2v) is 12.2. The van der Waals surface area contributed by atoms with Crippen LogP contribution < -0.4 is 0 Å². The van der Waals surface area contributed by atoms with Crippen molar-refractivity contribution in [2.75, 3.05) is 6.61 Å². The molecule has 5 nitrogen and oxygen atoms in total. The monoisotopic (exact) mass is 315 g/mol. The molecule has 6 heteroatoms. The third kappa shape index (κ3) is 5.03. The molecule has 0 aromatic carbocycles. The summed E-state index contributed by atoms with van der Waals surface area (Å²) in [4.78, 5) is 14.1. The van der Waals surface area contributed by atoms with Gasteiger partial charge in [-0.15, -0.1) is 0 Å². The first-order chi connectivity index (χ1) is 9.23. The highest BCUT2D eigenvalue weighted by Gasteiger charge is 2.47. The van der Waals surface area contributed by atoms with E-state index < -0.39 is 25.7 Å². The maximum absolute atomic E-state index is 12.5. The molecule has 1 aliphatic heterocycles. The van der Waals surface area contributed by atoms with Gasteiger partial charge in [-0.25, -0.2) is 4.79 Å². The smallest absolute Gasteiger partial charge is 0.413 e. The van der Waals surface area contributed by atoms with E-state index in [1.165, 1.54) is 0 Å². The molecule has 0 spiro atoms. The highest BCUT2D eigenvalue weighted by Crippen LogP contribution is 2.33. The summed E-state index contributed by atoms with van der Waals surface area (Å²) in [7, 11) is -1.78. The Labute approximate surface area is 129 Å². The molecule has 0 radical (unpaired) electrons. The molecule has 122 valence electrons. The third-order valence-corrected chi connectivity index (χ3v) is 3.76. The molecule has 1 heterocycles. The average molecular weight is 315 g/mol. The van der Waals surface area contributed by atoms with Gasteiger partial charge in [-0.2, -0.15) is 0 Å². The molecule has 0 saturated carbocycles. The summed E-state index contributed by atoms with van der Waals surface area (Å²) in [5, 5.41) is 0. The van der Waals surface area contributed by atoms with Gasteiger partial charge in [0.05, 0.1) is 12.4 Å². The van der Waals surface area contributed by atoms with Crippen LogP contribution >= 0.6 is 0 Å². The van der Waals surface area contributed by atoms with E-state index in [1.54, 1.807) is 4.90 Å². The number of ether oxygens (including phenoxy) is 2. The standard InChI is InChI=1S/C15H29NO4Si/c1-11(20-21(7,8)9)12-10-18-15(5,6)16(12)13(17)19-14(2,3)4/h12H,1,10H2,2-9H3/t12-/m1/s1. The van der Waals surface area contributed by atoms with Crippen LogP contribution in [0, 0.1) is 0 Å². The van der Waals surface area contributed by atoms with Gasteiger partial charge in [-0.3, -0.25) is 4.90 Å². The topological polar surface area (TPSA) is 48.0 Å². The van der Waals surface area contributed by atoms with E-state index in [0.717, 1.165) is 0 Å². The molecule has 1 atom stereocenters. The second kappa shape index (κ2) is 5.65. The minimum Gasteiger partial charge on any atom is -0.546 e. The van der Waals surface area contributed by atoms with Crippen LogP contribution in [-0.4, -0.2) is 43.3 Å². The van der Waals surface area contributed by atoms with Crippen LogP contribution in [0.15, 0.2) is 12.3 Å². The van der Waals surface area contributed by atoms with Crippen molar-refractivity contribution in [2.24, 2.45) is 0 Å². The number of rotatable bonds is 3. The fraction of sp³-hybridized carbons (Fsp3) is 0.800. The van der Waals surface area contributed by atoms with Crippen molar-refractivity contribution in [3.05, 3.63) is 12.3 Å². The van der Waals surface area contributed by atoms with E-state index in [0.29, 0.717) is 12.4 Å². The number of carbonyl (C=O) groups excluding carboxylic acids is 1. The van der Waals surface area contributed by atoms with Crippen molar-refractivity contribution < 1.29 is 18.7 Å². The van der Waals surface area contributed by atoms with Crippen molar-refractivity contribution in [1.82, 2.24) is 4.90 Å². The van der Waals surface area contributed by atoms with Crippen LogP contribution in [-0.2, 0) is 13.9 Å². The number of carbonyl (C=O) groups is 1. The van der Waals surface area contributed by atoms with Crippen LogP contribution in [0.25, 0.3) is 0 Å². The minimum atomic E-state index is -1.78. The zero-order valence-electron chi connectivity index (χ0n) is 14.6. The fourth-order valence-electron chi connectivity index (χ4n) is 2.16. The van der Waals surface area contributed by atoms with Crippen molar-refractivity contribution in [2.45, 2.75) is 71.6 Å². The quantitative estimate of drug-likeness (QED) is 0.588. The highest BCUT2D eigenvalue weighted by molar-refractivity contribution is 6.70. The molecule has 1 saturated heterocycles. The van der Waals surface area contributed by atoms with Crippen molar-refractivity contribution in [1.29, 1.82) is 0 Å². The first-order valence-electron chi connectivity index (χ1n) is 7.27. The molecule has 0 bridgehead atoms. The summed E-state index contributed by atoms with van der Waals surface area (Å²) in [5.74, 6) is 0.575. The summed E-state index contributed by atoms with van der Waals surface area (Å²) in [6, 6.07) is -0.318. The normalized spacial score (nSPS) is 22.1. The Morgan fingerprint density at radius 1 is 1.33 bits per heavy atom. The zero-order chi connectivity index (χ0) is 16.6. The van der Waals surface area contributed by atoms with Gasteiger partial charge in [-0.1, -0.05) is 6.58 Å². The summed E-state index contributed by atoms with van der Waals surface area (Å²) in [6.07, 6.45) is -0.407. The molecule has 1 fully saturated rings. The minimum absolute atomic E-state index is 0.318. The van der Waals surface area contributed by atoms with Crippen molar-refractivity contribution in [3.8, 4) is 0 Å². The number of hydrogen-bond acceptors (Lipinski definition) is 4. The molecule has 1 rings (SSSR count). The Morgan fingerprint density at radius 3 is 2.29 bits per heavy atom. The summed E-state index contributed by atoms with van der Waals surface area (Å²) in [6.45, 7) is 19.8. The first-order valence-corrected chi connectivity index (χ1v) is 10.7. The van der Waals surface area contributed by atoms with Gasteiger partial charge in [0.2, 0.25) is 8.32 Å². The number of nitrogens with zero attached hydrogens (tertiary/aromatic N) is 1. The molecule has 1 amide bonds. The van der Waals surface area contributed by atoms with Gasteiger partial charge in [-0.05, 0) is 54.3 Å². The number of amides is 1. The predicted molar refractivity (Wildman–Crippen MR) is 85.5 cm³/mol. The van der Waals surface area contributed by atoms with Crippen molar-refractivity contribution >= 4 is 14.4 Å². The molecule has 0 unspecified atom stereocenters. The highest BCUT2D eigenvalue weighted by atomic mass is 28.4. The largest absolute Gasteiger partial charge is 0.546 e. The van der Waals surface area contributed by atoms with Crippen LogP contribution in [0.1, 0.15) is 34.6 Å². The van der Waals surface area contributed by atoms with Gasteiger partial charge in [0.1, 0.15) is 17.4 Å². The van der Waals surface area contributed by atoms with Crippen molar-refractivity contribution in [3.63, 3.8) is 0 Å². The van der Waals surface area contributed by atoms with Gasteiger partial charge in [0.25, 0.3) is 0 Å². The Hall–Kier alpha value is -1.01. The molecular weight excluding hydrogens is 286 g/mol. The molecule has 0 aromatic heterocycles. The first kappa shape index (κ1) is 18.0. The van der Waals surface area contributed by atoms with Gasteiger partial charge in [0.15, 0.2) is 0 Å². The van der Waals surface area contributed by atoms with Gasteiger partial charge >= 0.3 is 6.09 Å². The predicted octanol–water partition coefficient (Wildman–Crippen LogP) is 3.72. The Morgan fingerprint density at radius 2 is 1.86 bits per heavy atom. The average Bonchev–Trinajstić information content (AvgIpc) is 2.48. The second-order valence-electron chi connectivity index (χ2n) is 7.80. The van der Waals surface area contributed by atoms with E-state index in [-0.39, 0.29) is 6.04 Å². The Bertz CT molecular complexity index is 420. The fourth-order valence-corrected chi connectivity index (χ4v) is 3.08. The van der Waals surface area contributed by atoms with Crippen LogP contribution in [0.5, 0.6) is 0 Å². The van der Waals surface area contributed by atoms with Crippen LogP contribution in [0.3, 0.4) is 0 Å². The zero-order valence-corrected chi connectivity index (χ0v) is 15.6. The Kier molecular flexibility index (Phi) is 4.85. The molecule has 0 aliphatic carbocycles.